The maximum atomic E-state index is 10.6. The number of rotatable bonds is 2. The SMILES string of the molecule is CC1CC(N)(CC(N)=O)CN1. The summed E-state index contributed by atoms with van der Waals surface area (Å²) in [5, 5.41) is 3.18. The maximum Gasteiger partial charge on any atom is 0.219 e. The summed E-state index contributed by atoms with van der Waals surface area (Å²) in [5.41, 5.74) is 10.5. The van der Waals surface area contributed by atoms with E-state index in [9.17, 15) is 4.79 Å². The topological polar surface area (TPSA) is 81.1 Å². The summed E-state index contributed by atoms with van der Waals surface area (Å²) >= 11 is 0. The highest BCUT2D eigenvalue weighted by Gasteiger charge is 2.34. The highest BCUT2D eigenvalue weighted by Crippen LogP contribution is 2.19. The van der Waals surface area contributed by atoms with Crippen LogP contribution in [0, 0.1) is 0 Å². The van der Waals surface area contributed by atoms with E-state index in [1.54, 1.807) is 0 Å². The van der Waals surface area contributed by atoms with Crippen molar-refractivity contribution in [1.82, 2.24) is 5.32 Å². The number of hydrogen-bond acceptors (Lipinski definition) is 3. The van der Waals surface area contributed by atoms with Gasteiger partial charge in [0.25, 0.3) is 0 Å². The molecule has 11 heavy (non-hydrogen) atoms. The lowest BCUT2D eigenvalue weighted by Gasteiger charge is -2.20. The Labute approximate surface area is 66.3 Å². The zero-order valence-corrected chi connectivity index (χ0v) is 6.76. The summed E-state index contributed by atoms with van der Waals surface area (Å²) in [7, 11) is 0. The van der Waals surface area contributed by atoms with Crippen molar-refractivity contribution in [3.63, 3.8) is 0 Å². The van der Waals surface area contributed by atoms with Gasteiger partial charge in [-0.2, -0.15) is 0 Å². The summed E-state index contributed by atoms with van der Waals surface area (Å²) < 4.78 is 0. The molecule has 0 saturated carbocycles. The molecule has 1 amide bonds. The third kappa shape index (κ3) is 2.17. The fourth-order valence-corrected chi connectivity index (χ4v) is 1.61. The molecular formula is C7H15N3O. The molecule has 0 radical (unpaired) electrons. The number of primary amides is 1. The molecule has 2 atom stereocenters. The molecule has 0 aromatic rings. The predicted octanol–water partition coefficient (Wildman–Crippen LogP) is -1.06. The molecule has 1 rings (SSSR count). The zero-order valence-electron chi connectivity index (χ0n) is 6.76. The minimum Gasteiger partial charge on any atom is -0.370 e. The van der Waals surface area contributed by atoms with Gasteiger partial charge in [0.15, 0.2) is 0 Å². The molecule has 2 unspecified atom stereocenters. The second-order valence-electron chi connectivity index (χ2n) is 3.49. The van der Waals surface area contributed by atoms with Crippen molar-refractivity contribution in [1.29, 1.82) is 0 Å². The van der Waals surface area contributed by atoms with E-state index in [0.717, 1.165) is 6.42 Å². The molecule has 1 aliphatic heterocycles. The first-order valence-electron chi connectivity index (χ1n) is 3.82. The van der Waals surface area contributed by atoms with Crippen molar-refractivity contribution in [2.24, 2.45) is 11.5 Å². The Kier molecular flexibility index (Phi) is 2.15. The lowest BCUT2D eigenvalue weighted by Crippen LogP contribution is -2.45. The van der Waals surface area contributed by atoms with E-state index in [1.165, 1.54) is 0 Å². The van der Waals surface area contributed by atoms with Gasteiger partial charge >= 0.3 is 0 Å². The van der Waals surface area contributed by atoms with Crippen molar-refractivity contribution in [3.8, 4) is 0 Å². The molecule has 0 bridgehead atoms. The van der Waals surface area contributed by atoms with E-state index < -0.39 is 5.54 Å². The molecule has 1 aliphatic rings. The second kappa shape index (κ2) is 2.79. The third-order valence-corrected chi connectivity index (χ3v) is 2.04. The predicted molar refractivity (Wildman–Crippen MR) is 42.8 cm³/mol. The third-order valence-electron chi connectivity index (χ3n) is 2.04. The minimum atomic E-state index is -0.398. The van der Waals surface area contributed by atoms with Crippen LogP contribution in [-0.2, 0) is 4.79 Å². The van der Waals surface area contributed by atoms with Gasteiger partial charge in [-0.25, -0.2) is 0 Å². The van der Waals surface area contributed by atoms with Crippen LogP contribution in [0.3, 0.4) is 0 Å². The maximum absolute atomic E-state index is 10.6. The van der Waals surface area contributed by atoms with Crippen molar-refractivity contribution in [2.45, 2.75) is 31.3 Å². The van der Waals surface area contributed by atoms with E-state index in [4.69, 9.17) is 11.5 Å². The number of nitrogens with one attached hydrogen (secondary N) is 1. The largest absolute Gasteiger partial charge is 0.370 e. The van der Waals surface area contributed by atoms with Crippen molar-refractivity contribution >= 4 is 5.91 Å². The van der Waals surface area contributed by atoms with E-state index >= 15 is 0 Å². The van der Waals surface area contributed by atoms with Crippen LogP contribution in [0.2, 0.25) is 0 Å². The Hall–Kier alpha value is -0.610. The number of carbonyl (C=O) groups excluding carboxylic acids is 1. The molecule has 1 saturated heterocycles. The molecule has 0 spiro atoms. The highest BCUT2D eigenvalue weighted by molar-refractivity contribution is 5.75. The van der Waals surface area contributed by atoms with Crippen LogP contribution in [0.25, 0.3) is 0 Å². The van der Waals surface area contributed by atoms with Crippen LogP contribution in [0.15, 0.2) is 0 Å². The molecule has 5 N–H and O–H groups in total. The van der Waals surface area contributed by atoms with Gasteiger partial charge in [0.05, 0.1) is 0 Å². The van der Waals surface area contributed by atoms with Crippen LogP contribution < -0.4 is 16.8 Å². The van der Waals surface area contributed by atoms with Gasteiger partial charge < -0.3 is 16.8 Å². The van der Waals surface area contributed by atoms with E-state index in [2.05, 4.69) is 12.2 Å². The standard InChI is InChI=1S/C7H15N3O/c1-5-2-7(9,4-10-5)3-6(8)11/h5,10H,2-4,9H2,1H3,(H2,8,11). The Morgan fingerprint density at radius 3 is 2.82 bits per heavy atom. The van der Waals surface area contributed by atoms with E-state index in [1.807, 2.05) is 0 Å². The van der Waals surface area contributed by atoms with Gasteiger partial charge in [-0.15, -0.1) is 0 Å². The summed E-state index contributed by atoms with van der Waals surface area (Å²) in [6.45, 7) is 2.74. The number of amides is 1. The summed E-state index contributed by atoms with van der Waals surface area (Å²) in [6, 6.07) is 0.402. The molecule has 0 aliphatic carbocycles. The van der Waals surface area contributed by atoms with Gasteiger partial charge in [-0.1, -0.05) is 0 Å². The number of hydrogen-bond donors (Lipinski definition) is 3. The monoisotopic (exact) mass is 157 g/mol. The van der Waals surface area contributed by atoms with Crippen LogP contribution in [0.5, 0.6) is 0 Å². The van der Waals surface area contributed by atoms with E-state index in [-0.39, 0.29) is 12.3 Å². The normalized spacial score (nSPS) is 37.5. The highest BCUT2D eigenvalue weighted by atomic mass is 16.1. The number of carbonyl (C=O) groups is 1. The lowest BCUT2D eigenvalue weighted by atomic mass is 9.93. The Bertz CT molecular complexity index is 171. The van der Waals surface area contributed by atoms with E-state index in [0.29, 0.717) is 12.6 Å². The quantitative estimate of drug-likeness (QED) is 0.478. The first kappa shape index (κ1) is 8.49. The van der Waals surface area contributed by atoms with Crippen LogP contribution in [-0.4, -0.2) is 24.0 Å². The first-order valence-corrected chi connectivity index (χ1v) is 3.82. The lowest BCUT2D eigenvalue weighted by molar-refractivity contribution is -0.119. The summed E-state index contributed by atoms with van der Waals surface area (Å²) in [6.07, 6.45) is 1.11. The van der Waals surface area contributed by atoms with Crippen LogP contribution >= 0.6 is 0 Å². The summed E-state index contributed by atoms with van der Waals surface area (Å²) in [4.78, 5) is 10.6. The zero-order chi connectivity index (χ0) is 8.48. The Balaban J connectivity index is 2.48. The number of nitrogens with two attached hydrogens (primary N) is 2. The second-order valence-corrected chi connectivity index (χ2v) is 3.49. The molecule has 0 aromatic carbocycles. The van der Waals surface area contributed by atoms with Gasteiger partial charge in [0.1, 0.15) is 0 Å². The fourth-order valence-electron chi connectivity index (χ4n) is 1.61. The minimum absolute atomic E-state index is 0.282. The molecule has 4 nitrogen and oxygen atoms in total. The molecule has 4 heteroatoms. The molecule has 64 valence electrons. The Morgan fingerprint density at radius 2 is 2.45 bits per heavy atom. The van der Waals surface area contributed by atoms with Crippen molar-refractivity contribution in [3.05, 3.63) is 0 Å². The summed E-state index contributed by atoms with van der Waals surface area (Å²) in [5.74, 6) is -0.316. The molecule has 1 fully saturated rings. The molecule has 0 aromatic heterocycles. The van der Waals surface area contributed by atoms with Crippen molar-refractivity contribution < 1.29 is 4.79 Å². The molecule has 1 heterocycles. The van der Waals surface area contributed by atoms with Gasteiger partial charge in [0, 0.05) is 24.5 Å². The fraction of sp³-hybridized carbons (Fsp3) is 0.857. The van der Waals surface area contributed by atoms with Crippen LogP contribution in [0.4, 0.5) is 0 Å². The smallest absolute Gasteiger partial charge is 0.219 e. The Morgan fingerprint density at radius 1 is 1.82 bits per heavy atom. The van der Waals surface area contributed by atoms with Gasteiger partial charge in [-0.05, 0) is 13.3 Å². The first-order chi connectivity index (χ1) is 5.02. The van der Waals surface area contributed by atoms with Crippen molar-refractivity contribution in [2.75, 3.05) is 6.54 Å². The molecular weight excluding hydrogens is 142 g/mol. The van der Waals surface area contributed by atoms with Crippen LogP contribution in [0.1, 0.15) is 19.8 Å². The van der Waals surface area contributed by atoms with Gasteiger partial charge in [0.2, 0.25) is 5.91 Å². The van der Waals surface area contributed by atoms with Gasteiger partial charge in [-0.3, -0.25) is 4.79 Å². The average molecular weight is 157 g/mol. The average Bonchev–Trinajstić information content (AvgIpc) is 2.08.